The Morgan fingerprint density at radius 3 is 2.20 bits per heavy atom. The second-order valence-corrected chi connectivity index (χ2v) is 6.39. The fourth-order valence-corrected chi connectivity index (χ4v) is 2.33. The monoisotopic (exact) mass is 342 g/mol. The number of hydrogen-bond acceptors (Lipinski definition) is 2. The van der Waals surface area contributed by atoms with Crippen LogP contribution in [0.2, 0.25) is 0 Å². The van der Waals surface area contributed by atoms with E-state index < -0.39 is 11.3 Å². The lowest BCUT2D eigenvalue weighted by Crippen LogP contribution is -2.48. The third-order valence-electron chi connectivity index (χ3n) is 4.07. The maximum absolute atomic E-state index is 13.6. The van der Waals surface area contributed by atoms with Gasteiger partial charge in [-0.3, -0.25) is 9.59 Å². The Bertz CT molecular complexity index is 729. The SMILES string of the molecule is CC(C)(C(=O)NCCc1ccccc1)C(=O)NCc1ccccc1F. The standard InChI is InChI=1S/C20H23FN2O2/c1-20(2,18(24)22-13-12-15-8-4-3-5-9-15)19(25)23-14-16-10-6-7-11-17(16)21/h3-11H,12-14H2,1-2H3,(H,22,24)(H,23,25). The highest BCUT2D eigenvalue weighted by Gasteiger charge is 2.35. The number of hydrogen-bond donors (Lipinski definition) is 2. The highest BCUT2D eigenvalue weighted by molar-refractivity contribution is 6.04. The first kappa shape index (κ1) is 18.6. The Balaban J connectivity index is 1.84. The second kappa shape index (κ2) is 8.42. The molecule has 2 N–H and O–H groups in total. The van der Waals surface area contributed by atoms with Crippen molar-refractivity contribution in [2.75, 3.05) is 6.54 Å². The molecule has 132 valence electrons. The molecule has 2 aromatic rings. The zero-order valence-corrected chi connectivity index (χ0v) is 14.5. The number of nitrogens with one attached hydrogen (secondary N) is 2. The number of carbonyl (C=O) groups is 2. The normalized spacial score (nSPS) is 11.0. The first-order valence-corrected chi connectivity index (χ1v) is 8.25. The van der Waals surface area contributed by atoms with E-state index in [1.807, 2.05) is 30.3 Å². The summed E-state index contributed by atoms with van der Waals surface area (Å²) in [7, 11) is 0. The lowest BCUT2D eigenvalue weighted by Gasteiger charge is -2.23. The summed E-state index contributed by atoms with van der Waals surface area (Å²) in [5.74, 6) is -1.17. The van der Waals surface area contributed by atoms with E-state index in [4.69, 9.17) is 0 Å². The zero-order chi connectivity index (χ0) is 18.3. The van der Waals surface area contributed by atoms with Gasteiger partial charge in [0.25, 0.3) is 0 Å². The summed E-state index contributed by atoms with van der Waals surface area (Å²) in [5, 5.41) is 5.42. The Morgan fingerprint density at radius 2 is 1.52 bits per heavy atom. The lowest BCUT2D eigenvalue weighted by atomic mass is 9.91. The van der Waals surface area contributed by atoms with Crippen LogP contribution in [0.25, 0.3) is 0 Å². The molecule has 4 nitrogen and oxygen atoms in total. The van der Waals surface area contributed by atoms with E-state index >= 15 is 0 Å². The summed E-state index contributed by atoms with van der Waals surface area (Å²) < 4.78 is 13.6. The van der Waals surface area contributed by atoms with Crippen molar-refractivity contribution in [2.24, 2.45) is 5.41 Å². The summed E-state index contributed by atoms with van der Waals surface area (Å²) in [6.45, 7) is 3.61. The number of amides is 2. The van der Waals surface area contributed by atoms with E-state index in [-0.39, 0.29) is 18.3 Å². The van der Waals surface area contributed by atoms with Gasteiger partial charge >= 0.3 is 0 Å². The van der Waals surface area contributed by atoms with Crippen molar-refractivity contribution in [3.8, 4) is 0 Å². The molecule has 0 saturated heterocycles. The van der Waals surface area contributed by atoms with Crippen LogP contribution in [0, 0.1) is 11.2 Å². The van der Waals surface area contributed by atoms with Crippen LogP contribution in [0.3, 0.4) is 0 Å². The molecule has 0 aromatic heterocycles. The minimum Gasteiger partial charge on any atom is -0.355 e. The molecule has 0 spiro atoms. The van der Waals surface area contributed by atoms with Gasteiger partial charge in [0.2, 0.25) is 11.8 Å². The van der Waals surface area contributed by atoms with Gasteiger partial charge < -0.3 is 10.6 Å². The van der Waals surface area contributed by atoms with Crippen LogP contribution >= 0.6 is 0 Å². The Morgan fingerprint density at radius 1 is 0.920 bits per heavy atom. The first-order valence-electron chi connectivity index (χ1n) is 8.25. The van der Waals surface area contributed by atoms with Crippen LogP contribution in [-0.2, 0) is 22.6 Å². The molecule has 2 aromatic carbocycles. The second-order valence-electron chi connectivity index (χ2n) is 6.39. The summed E-state index contributed by atoms with van der Waals surface area (Å²) in [4.78, 5) is 24.7. The van der Waals surface area contributed by atoms with Gasteiger partial charge in [-0.15, -0.1) is 0 Å². The van der Waals surface area contributed by atoms with Gasteiger partial charge in [-0.1, -0.05) is 48.5 Å². The highest BCUT2D eigenvalue weighted by atomic mass is 19.1. The summed E-state index contributed by atoms with van der Waals surface area (Å²) in [6, 6.07) is 16.0. The van der Waals surface area contributed by atoms with E-state index in [1.54, 1.807) is 32.0 Å². The molecule has 0 radical (unpaired) electrons. The minimum atomic E-state index is -1.23. The molecule has 0 bridgehead atoms. The average molecular weight is 342 g/mol. The Hall–Kier alpha value is -2.69. The minimum absolute atomic E-state index is 0.0478. The molecule has 0 aliphatic heterocycles. The van der Waals surface area contributed by atoms with Gasteiger partial charge in [0, 0.05) is 18.7 Å². The number of carbonyl (C=O) groups excluding carboxylic acids is 2. The van der Waals surface area contributed by atoms with Gasteiger partial charge in [-0.05, 0) is 31.9 Å². The van der Waals surface area contributed by atoms with E-state index in [2.05, 4.69) is 10.6 Å². The topological polar surface area (TPSA) is 58.2 Å². The van der Waals surface area contributed by atoms with Crippen LogP contribution in [0.15, 0.2) is 54.6 Å². The first-order chi connectivity index (χ1) is 11.9. The molecule has 0 aliphatic rings. The maximum Gasteiger partial charge on any atom is 0.235 e. The van der Waals surface area contributed by atoms with Gasteiger partial charge in [0.1, 0.15) is 11.2 Å². The Labute approximate surface area is 147 Å². The largest absolute Gasteiger partial charge is 0.355 e. The summed E-state index contributed by atoms with van der Waals surface area (Å²) >= 11 is 0. The Kier molecular flexibility index (Phi) is 6.28. The van der Waals surface area contributed by atoms with Crippen LogP contribution in [0.1, 0.15) is 25.0 Å². The van der Waals surface area contributed by atoms with Gasteiger partial charge in [0.15, 0.2) is 0 Å². The number of rotatable bonds is 7. The quantitative estimate of drug-likeness (QED) is 0.760. The van der Waals surface area contributed by atoms with E-state index in [9.17, 15) is 14.0 Å². The molecule has 25 heavy (non-hydrogen) atoms. The van der Waals surface area contributed by atoms with Crippen LogP contribution in [0.4, 0.5) is 4.39 Å². The van der Waals surface area contributed by atoms with Crippen molar-refractivity contribution in [3.63, 3.8) is 0 Å². The molecule has 0 aliphatic carbocycles. The molecule has 5 heteroatoms. The smallest absolute Gasteiger partial charge is 0.235 e. The van der Waals surface area contributed by atoms with Gasteiger partial charge in [-0.2, -0.15) is 0 Å². The maximum atomic E-state index is 13.6. The van der Waals surface area contributed by atoms with Crippen molar-refractivity contribution < 1.29 is 14.0 Å². The molecule has 0 heterocycles. The molecule has 0 atom stereocenters. The van der Waals surface area contributed by atoms with Crippen LogP contribution in [-0.4, -0.2) is 18.4 Å². The molecule has 0 saturated carbocycles. The fraction of sp³-hybridized carbons (Fsp3) is 0.300. The number of benzene rings is 2. The summed E-state index contributed by atoms with van der Waals surface area (Å²) in [5.41, 5.74) is 0.267. The van der Waals surface area contributed by atoms with Gasteiger partial charge in [-0.25, -0.2) is 4.39 Å². The predicted molar refractivity (Wildman–Crippen MR) is 95.2 cm³/mol. The van der Waals surface area contributed by atoms with Crippen molar-refractivity contribution in [3.05, 3.63) is 71.5 Å². The zero-order valence-electron chi connectivity index (χ0n) is 14.5. The van der Waals surface area contributed by atoms with Crippen LogP contribution < -0.4 is 10.6 Å². The van der Waals surface area contributed by atoms with E-state index in [1.165, 1.54) is 6.07 Å². The van der Waals surface area contributed by atoms with Crippen molar-refractivity contribution in [1.29, 1.82) is 0 Å². The molecule has 0 unspecified atom stereocenters. The predicted octanol–water partition coefficient (Wildman–Crippen LogP) is 2.83. The molecule has 2 amide bonds. The summed E-state index contributed by atoms with van der Waals surface area (Å²) in [6.07, 6.45) is 0.694. The van der Waals surface area contributed by atoms with Crippen molar-refractivity contribution in [2.45, 2.75) is 26.8 Å². The van der Waals surface area contributed by atoms with Crippen molar-refractivity contribution >= 4 is 11.8 Å². The lowest BCUT2D eigenvalue weighted by molar-refractivity contribution is -0.141. The fourth-order valence-electron chi connectivity index (χ4n) is 2.33. The molecule has 0 fully saturated rings. The average Bonchev–Trinajstić information content (AvgIpc) is 2.61. The molecular weight excluding hydrogens is 319 g/mol. The third kappa shape index (κ3) is 5.14. The van der Waals surface area contributed by atoms with E-state index in [0.717, 1.165) is 5.56 Å². The third-order valence-corrected chi connectivity index (χ3v) is 4.07. The number of halogens is 1. The highest BCUT2D eigenvalue weighted by Crippen LogP contribution is 2.16. The van der Waals surface area contributed by atoms with Crippen molar-refractivity contribution in [1.82, 2.24) is 10.6 Å². The molecular formula is C20H23FN2O2. The van der Waals surface area contributed by atoms with Crippen LogP contribution in [0.5, 0.6) is 0 Å². The van der Waals surface area contributed by atoms with E-state index in [0.29, 0.717) is 18.5 Å². The van der Waals surface area contributed by atoms with Gasteiger partial charge in [0.05, 0.1) is 0 Å². The molecule has 2 rings (SSSR count).